The molecule has 20 heavy (non-hydrogen) atoms. The van der Waals surface area contributed by atoms with Gasteiger partial charge in [-0.25, -0.2) is 5.84 Å². The molecule has 3 N–H and O–H groups in total. The molecular weight excluding hydrogens is 250 g/mol. The van der Waals surface area contributed by atoms with E-state index >= 15 is 0 Å². The number of nitrogens with zero attached hydrogens (tertiary/aromatic N) is 1. The Labute approximate surface area is 121 Å². The molecule has 1 aromatic rings. The van der Waals surface area contributed by atoms with Crippen molar-refractivity contribution in [3.05, 3.63) is 35.9 Å². The molecule has 1 aliphatic carbocycles. The van der Waals surface area contributed by atoms with Crippen LogP contribution in [0.1, 0.15) is 44.2 Å². The Hall–Kier alpha value is -1.39. The largest absolute Gasteiger partial charge is 0.293 e. The number of carbonyl (C=O) groups excluding carboxylic acids is 1. The molecule has 0 heterocycles. The highest BCUT2D eigenvalue weighted by Gasteiger charge is 2.31. The Balaban J connectivity index is 2.20. The summed E-state index contributed by atoms with van der Waals surface area (Å²) in [6.45, 7) is 2.29. The Morgan fingerprint density at radius 2 is 2.05 bits per heavy atom. The Morgan fingerprint density at radius 3 is 2.65 bits per heavy atom. The third-order valence-corrected chi connectivity index (χ3v) is 4.40. The summed E-state index contributed by atoms with van der Waals surface area (Å²) in [5.41, 5.74) is 3.31. The molecule has 4 heteroatoms. The maximum absolute atomic E-state index is 12.2. The molecule has 1 aliphatic rings. The minimum atomic E-state index is -0.309. The topological polar surface area (TPSA) is 58.4 Å². The van der Waals surface area contributed by atoms with Crippen LogP contribution in [0.4, 0.5) is 0 Å². The lowest BCUT2D eigenvalue weighted by molar-refractivity contribution is -0.127. The zero-order chi connectivity index (χ0) is 14.5. The van der Waals surface area contributed by atoms with Crippen molar-refractivity contribution in [1.82, 2.24) is 10.3 Å². The molecule has 3 atom stereocenters. The highest BCUT2D eigenvalue weighted by Crippen LogP contribution is 2.31. The predicted octanol–water partition coefficient (Wildman–Crippen LogP) is 2.23. The maximum atomic E-state index is 12.2. The summed E-state index contributed by atoms with van der Waals surface area (Å²) in [7, 11) is 2.04. The van der Waals surface area contributed by atoms with Gasteiger partial charge < -0.3 is 0 Å². The van der Waals surface area contributed by atoms with Gasteiger partial charge in [-0.05, 0) is 31.4 Å². The summed E-state index contributed by atoms with van der Waals surface area (Å²) in [5.74, 6) is 5.97. The molecule has 0 bridgehead atoms. The highest BCUT2D eigenvalue weighted by atomic mass is 16.2. The van der Waals surface area contributed by atoms with E-state index in [0.29, 0.717) is 6.04 Å². The molecule has 0 aliphatic heterocycles. The van der Waals surface area contributed by atoms with Crippen molar-refractivity contribution >= 4 is 5.91 Å². The second-order valence-electron chi connectivity index (χ2n) is 5.91. The lowest BCUT2D eigenvalue weighted by Crippen LogP contribution is -2.46. The van der Waals surface area contributed by atoms with E-state index in [1.807, 2.05) is 37.4 Å². The fourth-order valence-electron chi connectivity index (χ4n) is 3.27. The van der Waals surface area contributed by atoms with E-state index in [9.17, 15) is 4.79 Å². The van der Waals surface area contributed by atoms with Crippen molar-refractivity contribution in [2.75, 3.05) is 7.05 Å². The van der Waals surface area contributed by atoms with Crippen LogP contribution < -0.4 is 11.3 Å². The van der Waals surface area contributed by atoms with E-state index < -0.39 is 0 Å². The Bertz CT molecular complexity index is 435. The third kappa shape index (κ3) is 3.38. The summed E-state index contributed by atoms with van der Waals surface area (Å²) in [5, 5.41) is 0. The summed E-state index contributed by atoms with van der Waals surface area (Å²) in [6.07, 6.45) is 4.84. The predicted molar refractivity (Wildman–Crippen MR) is 80.7 cm³/mol. The van der Waals surface area contributed by atoms with Crippen LogP contribution in [0.15, 0.2) is 30.3 Å². The van der Waals surface area contributed by atoms with Gasteiger partial charge in [-0.1, -0.05) is 50.1 Å². The molecule has 0 radical (unpaired) electrons. The number of nitrogens with one attached hydrogen (secondary N) is 1. The van der Waals surface area contributed by atoms with Crippen LogP contribution in [-0.4, -0.2) is 23.9 Å². The van der Waals surface area contributed by atoms with E-state index in [0.717, 1.165) is 24.3 Å². The van der Waals surface area contributed by atoms with Crippen LogP contribution in [0.3, 0.4) is 0 Å². The maximum Gasteiger partial charge on any atom is 0.255 e. The van der Waals surface area contributed by atoms with Gasteiger partial charge in [0.25, 0.3) is 5.91 Å². The summed E-state index contributed by atoms with van der Waals surface area (Å²) >= 11 is 0. The van der Waals surface area contributed by atoms with Crippen LogP contribution in [0.25, 0.3) is 0 Å². The minimum Gasteiger partial charge on any atom is -0.293 e. The van der Waals surface area contributed by atoms with Crippen molar-refractivity contribution in [1.29, 1.82) is 0 Å². The van der Waals surface area contributed by atoms with E-state index in [2.05, 4.69) is 17.2 Å². The van der Waals surface area contributed by atoms with Crippen molar-refractivity contribution in [3.8, 4) is 0 Å². The van der Waals surface area contributed by atoms with Gasteiger partial charge in [0, 0.05) is 6.04 Å². The minimum absolute atomic E-state index is 0.142. The first-order valence-corrected chi connectivity index (χ1v) is 7.40. The van der Waals surface area contributed by atoms with Gasteiger partial charge in [-0.15, -0.1) is 0 Å². The molecule has 4 nitrogen and oxygen atoms in total. The fourth-order valence-corrected chi connectivity index (χ4v) is 3.27. The van der Waals surface area contributed by atoms with Crippen LogP contribution in [0.2, 0.25) is 0 Å². The van der Waals surface area contributed by atoms with Crippen LogP contribution in [-0.2, 0) is 4.79 Å². The SMILES string of the molecule is CC1CCCC(N(C)C(C(=O)NN)c2ccccc2)C1. The molecule has 110 valence electrons. The van der Waals surface area contributed by atoms with E-state index in [1.165, 1.54) is 12.8 Å². The van der Waals surface area contributed by atoms with Gasteiger partial charge in [0.05, 0.1) is 0 Å². The first-order valence-electron chi connectivity index (χ1n) is 7.40. The number of carbonyl (C=O) groups is 1. The van der Waals surface area contributed by atoms with Gasteiger partial charge in [-0.2, -0.15) is 0 Å². The van der Waals surface area contributed by atoms with Crippen molar-refractivity contribution in [2.45, 2.75) is 44.7 Å². The number of hydrogen-bond acceptors (Lipinski definition) is 3. The molecule has 0 aromatic heterocycles. The molecule has 0 spiro atoms. The third-order valence-electron chi connectivity index (χ3n) is 4.40. The Morgan fingerprint density at radius 1 is 1.35 bits per heavy atom. The summed E-state index contributed by atoms with van der Waals surface area (Å²) in [6, 6.07) is 10.00. The van der Waals surface area contributed by atoms with Crippen LogP contribution >= 0.6 is 0 Å². The van der Waals surface area contributed by atoms with Gasteiger partial charge in [0.15, 0.2) is 0 Å². The zero-order valence-electron chi connectivity index (χ0n) is 12.4. The number of amides is 1. The lowest BCUT2D eigenvalue weighted by Gasteiger charge is -2.38. The van der Waals surface area contributed by atoms with Crippen molar-refractivity contribution in [3.63, 3.8) is 0 Å². The van der Waals surface area contributed by atoms with Gasteiger partial charge in [0.2, 0.25) is 0 Å². The highest BCUT2D eigenvalue weighted by molar-refractivity contribution is 5.82. The fraction of sp³-hybridized carbons (Fsp3) is 0.562. The molecule has 1 fully saturated rings. The van der Waals surface area contributed by atoms with Crippen LogP contribution in [0.5, 0.6) is 0 Å². The van der Waals surface area contributed by atoms with E-state index in [4.69, 9.17) is 5.84 Å². The van der Waals surface area contributed by atoms with Crippen molar-refractivity contribution < 1.29 is 4.79 Å². The average molecular weight is 275 g/mol. The zero-order valence-corrected chi connectivity index (χ0v) is 12.4. The number of likely N-dealkylation sites (N-methyl/N-ethyl adjacent to an activating group) is 1. The second-order valence-corrected chi connectivity index (χ2v) is 5.91. The first-order chi connectivity index (χ1) is 9.63. The molecule has 1 saturated carbocycles. The molecule has 2 rings (SSSR count). The van der Waals surface area contributed by atoms with Gasteiger partial charge in [0.1, 0.15) is 6.04 Å². The summed E-state index contributed by atoms with van der Waals surface area (Å²) < 4.78 is 0. The smallest absolute Gasteiger partial charge is 0.255 e. The average Bonchev–Trinajstić information content (AvgIpc) is 2.48. The van der Waals surface area contributed by atoms with E-state index in [-0.39, 0.29) is 11.9 Å². The lowest BCUT2D eigenvalue weighted by atomic mass is 9.85. The van der Waals surface area contributed by atoms with Gasteiger partial charge >= 0.3 is 0 Å². The van der Waals surface area contributed by atoms with Crippen molar-refractivity contribution in [2.24, 2.45) is 11.8 Å². The number of nitrogens with two attached hydrogens (primary N) is 1. The second kappa shape index (κ2) is 6.86. The Kier molecular flexibility index (Phi) is 5.15. The number of rotatable bonds is 4. The molecule has 0 saturated heterocycles. The standard InChI is InChI=1S/C16H25N3O/c1-12-7-6-10-14(11-12)19(2)15(16(20)18-17)13-8-4-3-5-9-13/h3-5,8-9,12,14-15H,6-7,10-11,17H2,1-2H3,(H,18,20). The molecule has 3 unspecified atom stereocenters. The van der Waals surface area contributed by atoms with Gasteiger partial charge in [-0.3, -0.25) is 15.1 Å². The molecular formula is C16H25N3O. The number of hydrogen-bond donors (Lipinski definition) is 2. The number of hydrazine groups is 1. The first kappa shape index (κ1) is 15.0. The number of benzene rings is 1. The summed E-state index contributed by atoms with van der Waals surface area (Å²) in [4.78, 5) is 14.4. The molecule has 1 amide bonds. The quantitative estimate of drug-likeness (QED) is 0.503. The molecule has 1 aromatic carbocycles. The monoisotopic (exact) mass is 275 g/mol. The van der Waals surface area contributed by atoms with E-state index in [1.54, 1.807) is 0 Å². The van der Waals surface area contributed by atoms with Crippen LogP contribution in [0, 0.1) is 5.92 Å². The normalized spacial score (nSPS) is 24.4.